The predicted molar refractivity (Wildman–Crippen MR) is 154 cm³/mol. The summed E-state index contributed by atoms with van der Waals surface area (Å²) < 4.78 is 18.0. The van der Waals surface area contributed by atoms with E-state index in [2.05, 4.69) is 47.9 Å². The molecule has 6 rings (SSSR count). The Bertz CT molecular complexity index is 1680. The maximum atomic E-state index is 13.6. The SMILES string of the molecule is CCC1C2=NC(C)C(C)=C(C)N2c2cnc(-c3cnsc3-c3ccc(F)cc3)nc2N1c1cccc(C#N)c1. The van der Waals surface area contributed by atoms with Gasteiger partial charge in [-0.25, -0.2) is 14.4 Å². The maximum Gasteiger partial charge on any atom is 0.164 e. The van der Waals surface area contributed by atoms with Gasteiger partial charge in [-0.2, -0.15) is 9.64 Å². The summed E-state index contributed by atoms with van der Waals surface area (Å²) in [5.41, 5.74) is 6.24. The Kier molecular flexibility index (Phi) is 6.20. The molecule has 0 amide bonds. The summed E-state index contributed by atoms with van der Waals surface area (Å²) in [5, 5.41) is 9.63. The van der Waals surface area contributed by atoms with Gasteiger partial charge in [0.1, 0.15) is 17.3 Å². The van der Waals surface area contributed by atoms with Crippen molar-refractivity contribution in [3.8, 4) is 27.9 Å². The first-order valence-electron chi connectivity index (χ1n) is 12.8. The lowest BCUT2D eigenvalue weighted by Gasteiger charge is -2.46. The van der Waals surface area contributed by atoms with Gasteiger partial charge in [0.25, 0.3) is 0 Å². The molecule has 0 radical (unpaired) electrons. The first-order valence-corrected chi connectivity index (χ1v) is 13.6. The second kappa shape index (κ2) is 9.71. The van der Waals surface area contributed by atoms with Crippen molar-refractivity contribution in [2.24, 2.45) is 4.99 Å². The number of rotatable bonds is 4. The lowest BCUT2D eigenvalue weighted by Crippen LogP contribution is -2.53. The third-order valence-corrected chi connectivity index (χ3v) is 8.32. The third kappa shape index (κ3) is 4.08. The van der Waals surface area contributed by atoms with Crippen molar-refractivity contribution in [3.05, 3.63) is 83.6 Å². The molecule has 9 heteroatoms. The molecule has 2 atom stereocenters. The second-order valence-corrected chi connectivity index (χ2v) is 10.5. The van der Waals surface area contributed by atoms with Crippen LogP contribution in [0.4, 0.5) is 21.6 Å². The summed E-state index contributed by atoms with van der Waals surface area (Å²) in [4.78, 5) is 20.3. The number of hydrogen-bond acceptors (Lipinski definition) is 8. The minimum Gasteiger partial charge on any atom is -0.314 e. The molecule has 0 bridgehead atoms. The van der Waals surface area contributed by atoms with Gasteiger partial charge in [-0.05, 0) is 80.2 Å². The van der Waals surface area contributed by atoms with Crippen molar-refractivity contribution in [1.29, 1.82) is 5.26 Å². The van der Waals surface area contributed by atoms with Gasteiger partial charge >= 0.3 is 0 Å². The van der Waals surface area contributed by atoms with Crippen molar-refractivity contribution in [2.75, 3.05) is 9.80 Å². The Balaban J connectivity index is 1.58. The zero-order valence-corrected chi connectivity index (χ0v) is 22.9. The molecule has 0 saturated carbocycles. The van der Waals surface area contributed by atoms with E-state index < -0.39 is 0 Å². The summed E-state index contributed by atoms with van der Waals surface area (Å²) in [6.45, 7) is 8.49. The highest BCUT2D eigenvalue weighted by Crippen LogP contribution is 2.45. The second-order valence-electron chi connectivity index (χ2n) is 9.70. The molecule has 0 aliphatic carbocycles. The molecular formula is C30H26FN7S. The standard InChI is InChI=1S/C30H26FN7S/c1-5-25-29-35-18(3)17(2)19(4)37(29)26-16-33-28(24-15-34-39-27(24)21-9-11-22(31)12-10-21)36-30(26)38(25)23-8-6-7-20(13-23)14-32/h6-13,15-16,18,25H,5H2,1-4H3. The van der Waals surface area contributed by atoms with E-state index in [-0.39, 0.29) is 17.9 Å². The average molecular weight is 536 g/mol. The Morgan fingerprint density at radius 2 is 1.90 bits per heavy atom. The molecule has 7 nitrogen and oxygen atoms in total. The molecule has 194 valence electrons. The quantitative estimate of drug-likeness (QED) is 0.277. The van der Waals surface area contributed by atoms with Crippen LogP contribution >= 0.6 is 11.5 Å². The van der Waals surface area contributed by atoms with Crippen LogP contribution < -0.4 is 9.80 Å². The number of halogens is 1. The number of nitriles is 1. The van der Waals surface area contributed by atoms with E-state index in [4.69, 9.17) is 15.0 Å². The number of aliphatic imine (C=N–C) groups is 1. The maximum absolute atomic E-state index is 13.6. The van der Waals surface area contributed by atoms with Crippen LogP contribution in [-0.2, 0) is 0 Å². The molecule has 2 unspecified atom stereocenters. The fraction of sp³-hybridized carbons (Fsp3) is 0.233. The fourth-order valence-corrected chi connectivity index (χ4v) is 5.99. The monoisotopic (exact) mass is 535 g/mol. The van der Waals surface area contributed by atoms with E-state index in [1.165, 1.54) is 29.2 Å². The summed E-state index contributed by atoms with van der Waals surface area (Å²) in [6.07, 6.45) is 4.39. The molecule has 2 aromatic carbocycles. The zero-order valence-electron chi connectivity index (χ0n) is 22.1. The highest BCUT2D eigenvalue weighted by atomic mass is 32.1. The summed E-state index contributed by atoms with van der Waals surface area (Å²) in [6, 6.07) is 16.2. The molecule has 2 aromatic heterocycles. The van der Waals surface area contributed by atoms with E-state index >= 15 is 0 Å². The van der Waals surface area contributed by atoms with Crippen molar-refractivity contribution >= 4 is 34.6 Å². The van der Waals surface area contributed by atoms with E-state index in [0.29, 0.717) is 11.4 Å². The Morgan fingerprint density at radius 1 is 1.10 bits per heavy atom. The molecule has 39 heavy (non-hydrogen) atoms. The highest BCUT2D eigenvalue weighted by molar-refractivity contribution is 7.10. The fourth-order valence-electron chi connectivity index (χ4n) is 5.24. The number of aromatic nitrogens is 3. The molecular weight excluding hydrogens is 509 g/mol. The molecule has 2 aliphatic rings. The third-order valence-electron chi connectivity index (χ3n) is 7.47. The molecule has 4 heterocycles. The molecule has 0 saturated heterocycles. The Labute approximate surface area is 230 Å². The predicted octanol–water partition coefficient (Wildman–Crippen LogP) is 7.11. The van der Waals surface area contributed by atoms with Crippen LogP contribution in [0.3, 0.4) is 0 Å². The van der Waals surface area contributed by atoms with Crippen molar-refractivity contribution in [3.63, 3.8) is 0 Å². The van der Waals surface area contributed by atoms with Gasteiger partial charge in [0.15, 0.2) is 11.6 Å². The van der Waals surface area contributed by atoms with Crippen molar-refractivity contribution < 1.29 is 4.39 Å². The first-order chi connectivity index (χ1) is 18.9. The van der Waals surface area contributed by atoms with Crippen LogP contribution in [0.2, 0.25) is 0 Å². The number of anilines is 3. The van der Waals surface area contributed by atoms with Crippen LogP contribution in [0.25, 0.3) is 21.8 Å². The average Bonchev–Trinajstić information content (AvgIpc) is 3.45. The van der Waals surface area contributed by atoms with Gasteiger partial charge in [-0.1, -0.05) is 25.1 Å². The van der Waals surface area contributed by atoms with Crippen molar-refractivity contribution in [1.82, 2.24) is 14.3 Å². The van der Waals surface area contributed by atoms with Crippen LogP contribution in [-0.4, -0.2) is 32.3 Å². The number of hydrogen-bond donors (Lipinski definition) is 0. The van der Waals surface area contributed by atoms with Gasteiger partial charge in [0.05, 0.1) is 46.6 Å². The lowest BCUT2D eigenvalue weighted by molar-refractivity contribution is 0.628. The molecule has 0 fully saturated rings. The molecule has 4 aromatic rings. The lowest BCUT2D eigenvalue weighted by atomic mass is 9.98. The van der Waals surface area contributed by atoms with Crippen LogP contribution in [0.5, 0.6) is 0 Å². The number of allylic oxidation sites excluding steroid dienone is 1. The van der Waals surface area contributed by atoms with E-state index in [1.807, 2.05) is 24.4 Å². The number of nitrogens with zero attached hydrogens (tertiary/aromatic N) is 7. The summed E-state index contributed by atoms with van der Waals surface area (Å²) in [7, 11) is 0. The van der Waals surface area contributed by atoms with Gasteiger partial charge in [-0.15, -0.1) is 0 Å². The van der Waals surface area contributed by atoms with Crippen LogP contribution in [0.1, 0.15) is 39.7 Å². The highest BCUT2D eigenvalue weighted by Gasteiger charge is 2.41. The Hall–Kier alpha value is -4.42. The minimum absolute atomic E-state index is 0.0643. The van der Waals surface area contributed by atoms with Crippen molar-refractivity contribution in [2.45, 2.75) is 46.2 Å². The van der Waals surface area contributed by atoms with E-state index in [0.717, 1.165) is 51.2 Å². The number of fused-ring (bicyclic) bond motifs is 3. The first kappa shape index (κ1) is 24.9. The van der Waals surface area contributed by atoms with Gasteiger partial charge < -0.3 is 4.90 Å². The largest absolute Gasteiger partial charge is 0.314 e. The van der Waals surface area contributed by atoms with Crippen LogP contribution in [0.15, 0.2) is 77.2 Å². The summed E-state index contributed by atoms with van der Waals surface area (Å²) in [5.74, 6) is 1.92. The molecule has 2 aliphatic heterocycles. The minimum atomic E-state index is -0.289. The van der Waals surface area contributed by atoms with Gasteiger partial charge in [0, 0.05) is 11.4 Å². The topological polar surface area (TPSA) is 81.3 Å². The number of amidine groups is 1. The van der Waals surface area contributed by atoms with Gasteiger partial charge in [-0.3, -0.25) is 9.89 Å². The smallest absolute Gasteiger partial charge is 0.164 e. The molecule has 0 N–H and O–H groups in total. The Morgan fingerprint density at radius 3 is 2.64 bits per heavy atom. The summed E-state index contributed by atoms with van der Waals surface area (Å²) >= 11 is 1.33. The zero-order chi connectivity index (χ0) is 27.3. The van der Waals surface area contributed by atoms with Crippen LogP contribution in [0, 0.1) is 17.1 Å². The molecule has 0 spiro atoms. The number of benzene rings is 2. The van der Waals surface area contributed by atoms with E-state index in [9.17, 15) is 9.65 Å². The van der Waals surface area contributed by atoms with E-state index in [1.54, 1.807) is 24.4 Å². The normalized spacial score (nSPS) is 18.4. The van der Waals surface area contributed by atoms with Gasteiger partial charge in [0.2, 0.25) is 0 Å².